The van der Waals surface area contributed by atoms with Crippen LogP contribution in [0.5, 0.6) is 0 Å². The minimum absolute atomic E-state index is 0.140. The number of fused-ring (bicyclic) bond motifs is 1. The second-order valence-electron chi connectivity index (χ2n) is 9.51. The van der Waals surface area contributed by atoms with E-state index in [9.17, 15) is 4.79 Å². The van der Waals surface area contributed by atoms with Gasteiger partial charge in [0.15, 0.2) is 0 Å². The molecule has 4 aromatic rings. The zero-order chi connectivity index (χ0) is 25.3. The lowest BCUT2D eigenvalue weighted by Gasteiger charge is -2.21. The van der Waals surface area contributed by atoms with Crippen LogP contribution in [0.2, 0.25) is 0 Å². The molecule has 0 saturated heterocycles. The fraction of sp³-hybridized carbons (Fsp3) is 0.519. The van der Waals surface area contributed by atoms with Crippen molar-refractivity contribution in [1.29, 1.82) is 0 Å². The number of aromatic nitrogens is 5. The molecule has 0 bridgehead atoms. The van der Waals surface area contributed by atoms with Gasteiger partial charge in [-0.2, -0.15) is 0 Å². The summed E-state index contributed by atoms with van der Waals surface area (Å²) in [5.74, 6) is 1.94. The van der Waals surface area contributed by atoms with Crippen molar-refractivity contribution in [3.8, 4) is 0 Å². The van der Waals surface area contributed by atoms with Crippen molar-refractivity contribution >= 4 is 21.6 Å². The summed E-state index contributed by atoms with van der Waals surface area (Å²) in [7, 11) is 2.02. The molecule has 0 saturated carbocycles. The number of hydrogen-bond acceptors (Lipinski definition) is 6. The predicted molar refractivity (Wildman–Crippen MR) is 147 cm³/mol. The molecule has 4 rings (SSSR count). The maximum Gasteiger partial charge on any atom is 0.268 e. The number of H-pyrrole nitrogens is 1. The Morgan fingerprint density at radius 3 is 2.50 bits per heavy atom. The van der Waals surface area contributed by atoms with Crippen LogP contribution in [0.25, 0.3) is 10.1 Å². The Bertz CT molecular complexity index is 1250. The van der Waals surface area contributed by atoms with Crippen LogP contribution >= 0.6 is 11.5 Å². The zero-order valence-electron chi connectivity index (χ0n) is 21.8. The minimum Gasteiger partial charge on any atom is -0.348 e. The molecule has 0 aliphatic carbocycles. The van der Waals surface area contributed by atoms with Gasteiger partial charge < -0.3 is 14.5 Å². The first-order valence-corrected chi connectivity index (χ1v) is 13.9. The molecule has 3 heterocycles. The fourth-order valence-corrected chi connectivity index (χ4v) is 5.79. The fourth-order valence-electron chi connectivity index (χ4n) is 4.69. The maximum absolute atomic E-state index is 13.0. The van der Waals surface area contributed by atoms with Gasteiger partial charge in [-0.1, -0.05) is 31.4 Å². The Morgan fingerprint density at radius 2 is 1.81 bits per heavy atom. The van der Waals surface area contributed by atoms with Crippen molar-refractivity contribution in [2.45, 2.75) is 65.7 Å². The van der Waals surface area contributed by atoms with Crippen LogP contribution < -0.4 is 5.56 Å². The van der Waals surface area contributed by atoms with Crippen molar-refractivity contribution in [2.75, 3.05) is 19.6 Å². The number of nitrogens with one attached hydrogen (secondary N) is 1. The predicted octanol–water partition coefficient (Wildman–Crippen LogP) is 4.62. The van der Waals surface area contributed by atoms with Crippen LogP contribution in [0.4, 0.5) is 0 Å². The molecule has 9 heteroatoms. The highest BCUT2D eigenvalue weighted by molar-refractivity contribution is 7.13. The molecule has 1 N–H and O–H groups in total. The highest BCUT2D eigenvalue weighted by Crippen LogP contribution is 2.21. The van der Waals surface area contributed by atoms with E-state index in [-0.39, 0.29) is 5.56 Å². The average molecular weight is 510 g/mol. The van der Waals surface area contributed by atoms with Crippen LogP contribution in [-0.4, -0.2) is 52.9 Å². The number of nitrogens with zero attached hydrogens (tertiary/aromatic N) is 6. The zero-order valence-corrected chi connectivity index (χ0v) is 22.6. The molecule has 36 heavy (non-hydrogen) atoms. The van der Waals surface area contributed by atoms with Crippen molar-refractivity contribution in [3.05, 3.63) is 70.6 Å². The standard InChI is InChI=1S/C27H39N7OS/c1-4-13-32(14-5-2)15-6-7-16-34-27(35)23-9-8-22(18-24(23)36-34)19-33(20-25-28-10-11-29-25)21-26-30-12-17-31(26)3/h8-12,17-18H,4-7,13-16,19-21H2,1-3H3,(H,28,29). The van der Waals surface area contributed by atoms with Crippen LogP contribution in [0.15, 0.2) is 47.8 Å². The molecule has 0 fully saturated rings. The van der Waals surface area contributed by atoms with E-state index in [0.717, 1.165) is 67.3 Å². The summed E-state index contributed by atoms with van der Waals surface area (Å²) in [5.41, 5.74) is 1.33. The smallest absolute Gasteiger partial charge is 0.268 e. The minimum atomic E-state index is 0.140. The molecule has 0 aliphatic heterocycles. The van der Waals surface area contributed by atoms with Crippen LogP contribution in [0.3, 0.4) is 0 Å². The van der Waals surface area contributed by atoms with Crippen LogP contribution in [0, 0.1) is 0 Å². The molecular formula is C27H39N7OS. The lowest BCUT2D eigenvalue weighted by molar-refractivity contribution is 0.233. The van der Waals surface area contributed by atoms with Crippen molar-refractivity contribution in [1.82, 2.24) is 33.3 Å². The number of unbranched alkanes of at least 4 members (excludes halogenated alkanes) is 1. The molecule has 0 spiro atoms. The molecule has 0 radical (unpaired) electrons. The Labute approximate surface area is 217 Å². The number of benzene rings is 1. The van der Waals surface area contributed by atoms with E-state index >= 15 is 0 Å². The SMILES string of the molecule is CCCN(CCC)CCCCn1sc2cc(CN(Cc3ncc[nH]3)Cc3nccn3C)ccc2c1=O. The first-order chi connectivity index (χ1) is 17.6. The Kier molecular flexibility index (Phi) is 9.49. The maximum atomic E-state index is 13.0. The summed E-state index contributed by atoms with van der Waals surface area (Å²) in [4.78, 5) is 30.0. The summed E-state index contributed by atoms with van der Waals surface area (Å²) < 4.78 is 5.05. The van der Waals surface area contributed by atoms with Gasteiger partial charge in [-0.05, 0) is 63.0 Å². The summed E-state index contributed by atoms with van der Waals surface area (Å²) in [6.45, 7) is 10.9. The van der Waals surface area contributed by atoms with Gasteiger partial charge in [0.1, 0.15) is 11.6 Å². The van der Waals surface area contributed by atoms with Crippen molar-refractivity contribution in [2.24, 2.45) is 7.05 Å². The largest absolute Gasteiger partial charge is 0.348 e. The first-order valence-electron chi connectivity index (χ1n) is 13.1. The Balaban J connectivity index is 1.42. The van der Waals surface area contributed by atoms with Gasteiger partial charge >= 0.3 is 0 Å². The average Bonchev–Trinajstić information content (AvgIpc) is 3.59. The van der Waals surface area contributed by atoms with E-state index in [0.29, 0.717) is 13.1 Å². The lowest BCUT2D eigenvalue weighted by atomic mass is 10.1. The van der Waals surface area contributed by atoms with E-state index in [1.54, 1.807) is 17.7 Å². The normalized spacial score (nSPS) is 11.9. The molecule has 194 valence electrons. The van der Waals surface area contributed by atoms with Gasteiger partial charge in [0.2, 0.25) is 0 Å². The summed E-state index contributed by atoms with van der Waals surface area (Å²) >= 11 is 1.59. The van der Waals surface area contributed by atoms with E-state index in [1.807, 2.05) is 40.2 Å². The first kappa shape index (κ1) is 26.3. The molecule has 0 amide bonds. The molecule has 1 aromatic carbocycles. The second-order valence-corrected chi connectivity index (χ2v) is 10.6. The molecule has 8 nitrogen and oxygen atoms in total. The highest BCUT2D eigenvalue weighted by atomic mass is 32.1. The van der Waals surface area contributed by atoms with Crippen LogP contribution in [-0.2, 0) is 33.2 Å². The quantitative estimate of drug-likeness (QED) is 0.237. The summed E-state index contributed by atoms with van der Waals surface area (Å²) in [5, 5.41) is 0.823. The number of aromatic amines is 1. The Morgan fingerprint density at radius 1 is 0.972 bits per heavy atom. The van der Waals surface area contributed by atoms with E-state index < -0.39 is 0 Å². The third kappa shape index (κ3) is 6.93. The topological polar surface area (TPSA) is 75.0 Å². The molecule has 0 unspecified atom stereocenters. The van der Waals surface area contributed by atoms with Gasteiger partial charge in [0, 0.05) is 44.9 Å². The van der Waals surface area contributed by atoms with Crippen molar-refractivity contribution < 1.29 is 0 Å². The van der Waals surface area contributed by atoms with E-state index in [1.165, 1.54) is 18.4 Å². The molecule has 0 atom stereocenters. The highest BCUT2D eigenvalue weighted by Gasteiger charge is 2.14. The third-order valence-electron chi connectivity index (χ3n) is 6.50. The van der Waals surface area contributed by atoms with E-state index in [2.05, 4.69) is 50.7 Å². The lowest BCUT2D eigenvalue weighted by Crippen LogP contribution is -2.26. The molecular weight excluding hydrogens is 470 g/mol. The van der Waals surface area contributed by atoms with Gasteiger partial charge in [-0.25, -0.2) is 9.97 Å². The second kappa shape index (κ2) is 13.0. The van der Waals surface area contributed by atoms with Gasteiger partial charge in [0.25, 0.3) is 5.56 Å². The molecule has 3 aromatic heterocycles. The third-order valence-corrected chi connectivity index (χ3v) is 7.60. The summed E-state index contributed by atoms with van der Waals surface area (Å²) in [6.07, 6.45) is 12.0. The van der Waals surface area contributed by atoms with E-state index in [4.69, 9.17) is 0 Å². The number of hydrogen-bond donors (Lipinski definition) is 1. The number of imidazole rings is 2. The van der Waals surface area contributed by atoms with Gasteiger partial charge in [-0.3, -0.25) is 13.7 Å². The monoisotopic (exact) mass is 509 g/mol. The van der Waals surface area contributed by atoms with Gasteiger partial charge in [-0.15, -0.1) is 0 Å². The van der Waals surface area contributed by atoms with Gasteiger partial charge in [0.05, 0.1) is 23.2 Å². The van der Waals surface area contributed by atoms with Crippen LogP contribution in [0.1, 0.15) is 56.7 Å². The number of rotatable bonds is 15. The number of aryl methyl sites for hydroxylation is 2. The molecule has 0 aliphatic rings. The van der Waals surface area contributed by atoms with Crippen molar-refractivity contribution in [3.63, 3.8) is 0 Å². The Hall–Kier alpha value is -2.75. The summed E-state index contributed by atoms with van der Waals surface area (Å²) in [6, 6.07) is 6.26.